The number of aryl methyl sites for hydroxylation is 1. The zero-order valence-corrected chi connectivity index (χ0v) is 21.8. The molecular weight excluding hydrogens is 551 g/mol. The van der Waals surface area contributed by atoms with Gasteiger partial charge < -0.3 is 21.0 Å². The van der Waals surface area contributed by atoms with E-state index in [1.807, 2.05) is 0 Å². The number of hydrogen-bond acceptors (Lipinski definition) is 14. The highest BCUT2D eigenvalue weighted by molar-refractivity contribution is 8.01. The lowest BCUT2D eigenvalue weighted by Crippen LogP contribution is -2.71. The molecule has 2 atom stereocenters. The number of fused-ring (bicyclic) bond motifs is 1. The molecule has 3 aliphatic heterocycles. The molecule has 1 unspecified atom stereocenters. The Morgan fingerprint density at radius 1 is 1.42 bits per heavy atom. The second-order valence-electron chi connectivity index (χ2n) is 7.77. The third kappa shape index (κ3) is 4.76. The van der Waals surface area contributed by atoms with E-state index >= 15 is 0 Å². The number of carbonyl (C=O) groups is 3. The number of thioether (sulfide) groups is 3. The van der Waals surface area contributed by atoms with Crippen molar-refractivity contribution in [3.8, 4) is 0 Å². The number of carboxylic acids is 1. The maximum absolute atomic E-state index is 13.1. The third-order valence-corrected chi connectivity index (χ3v) is 9.70. The second kappa shape index (κ2) is 10.3. The van der Waals surface area contributed by atoms with E-state index in [2.05, 4.69) is 31.0 Å². The Bertz CT molecular complexity index is 1270. The molecule has 18 heteroatoms. The van der Waals surface area contributed by atoms with Crippen LogP contribution in [0.3, 0.4) is 0 Å². The fourth-order valence-electron chi connectivity index (χ4n) is 3.50. The highest BCUT2D eigenvalue weighted by atomic mass is 32.2. The first-order chi connectivity index (χ1) is 17.3. The van der Waals surface area contributed by atoms with E-state index in [1.165, 1.54) is 33.1 Å². The van der Waals surface area contributed by atoms with Crippen molar-refractivity contribution >= 4 is 75.2 Å². The number of hydrogen-bond donors (Lipinski definition) is 3. The van der Waals surface area contributed by atoms with Gasteiger partial charge in [-0.3, -0.25) is 14.5 Å². The number of amides is 2. The molecule has 2 aromatic rings. The number of carboxylic acid groups (broad SMARTS) is 1. The highest BCUT2D eigenvalue weighted by Crippen LogP contribution is 2.41. The molecule has 2 aromatic heterocycles. The zero-order chi connectivity index (χ0) is 25.4. The monoisotopic (exact) mass is 569 g/mol. The topological polar surface area (TPSA) is 191 Å². The maximum Gasteiger partial charge on any atom is 0.352 e. The number of thiazole rings is 1. The molecule has 2 saturated heterocycles. The number of rotatable bonds is 9. The minimum Gasteiger partial charge on any atom is -0.477 e. The quantitative estimate of drug-likeness (QED) is 0.153. The molecule has 2 fully saturated rings. The predicted octanol–water partition coefficient (Wildman–Crippen LogP) is -0.384. The van der Waals surface area contributed by atoms with E-state index < -0.39 is 29.2 Å². The van der Waals surface area contributed by atoms with Crippen LogP contribution in [0.5, 0.6) is 0 Å². The normalized spacial score (nSPS) is 22.1. The summed E-state index contributed by atoms with van der Waals surface area (Å²) in [4.78, 5) is 49.0. The van der Waals surface area contributed by atoms with Crippen molar-refractivity contribution in [2.24, 2.45) is 12.2 Å². The summed E-state index contributed by atoms with van der Waals surface area (Å²) in [5.74, 6) is -0.175. The van der Waals surface area contributed by atoms with Crippen molar-refractivity contribution < 1.29 is 24.3 Å². The molecule has 0 aromatic carbocycles. The molecule has 3 aliphatic rings. The Morgan fingerprint density at radius 2 is 2.22 bits per heavy atom. The number of nitrogens with two attached hydrogens (primary N) is 1. The minimum atomic E-state index is -1.21. The number of aromatic nitrogens is 5. The number of nitrogen functional groups attached to an aromatic ring is 1. The molecule has 0 spiro atoms. The van der Waals surface area contributed by atoms with Crippen LogP contribution in [0.2, 0.25) is 0 Å². The first-order valence-electron chi connectivity index (χ1n) is 10.4. The molecule has 0 aliphatic carbocycles. The SMILES string of the molecule is Cn1nnnc1SCC1=C(C(=O)O)N2C(=O)C(NC(=O)C(=NOC3CSC3)c3csc(N)n3)[C@@H]2SC1. The number of carbonyl (C=O) groups excluding carboxylic acids is 2. The van der Waals surface area contributed by atoms with Crippen molar-refractivity contribution in [2.75, 3.05) is 28.7 Å². The van der Waals surface area contributed by atoms with E-state index in [1.54, 1.807) is 24.2 Å². The fraction of sp³-hybridized carbons (Fsp3) is 0.444. The molecule has 0 saturated carbocycles. The van der Waals surface area contributed by atoms with Crippen molar-refractivity contribution in [1.29, 1.82) is 0 Å². The van der Waals surface area contributed by atoms with E-state index in [4.69, 9.17) is 10.6 Å². The maximum atomic E-state index is 13.1. The van der Waals surface area contributed by atoms with Gasteiger partial charge in [-0.25, -0.2) is 14.5 Å². The Kier molecular flexibility index (Phi) is 7.09. The van der Waals surface area contributed by atoms with Crippen LogP contribution < -0.4 is 11.1 Å². The largest absolute Gasteiger partial charge is 0.477 e. The summed E-state index contributed by atoms with van der Waals surface area (Å²) in [6, 6.07) is -0.922. The van der Waals surface area contributed by atoms with Gasteiger partial charge in [0.15, 0.2) is 10.8 Å². The van der Waals surface area contributed by atoms with Crippen LogP contribution >= 0.6 is 46.6 Å². The first-order valence-corrected chi connectivity index (χ1v) is 14.5. The number of oxime groups is 1. The standard InChI is InChI=1S/C18H19N9O5S4/c1-26-18(22-24-25-26)36-3-7-2-34-15-11(14(29)27(15)12(7)16(30)31)21-13(28)10(9-6-35-17(19)20-9)23-32-8-4-33-5-8/h6,8,11,15H,2-5H2,1H3,(H2,19,20)(H,21,28)(H,30,31)/t11?,15-/m0/s1. The van der Waals surface area contributed by atoms with Gasteiger partial charge in [0, 0.05) is 35.4 Å². The fourth-order valence-corrected chi connectivity index (χ4v) is 6.93. The molecule has 14 nitrogen and oxygen atoms in total. The molecule has 4 N–H and O–H groups in total. The zero-order valence-electron chi connectivity index (χ0n) is 18.6. The highest BCUT2D eigenvalue weighted by Gasteiger charge is 2.54. The molecule has 0 radical (unpaired) electrons. The summed E-state index contributed by atoms with van der Waals surface area (Å²) < 4.78 is 1.48. The number of nitrogens with one attached hydrogen (secondary N) is 1. The Morgan fingerprint density at radius 3 is 2.83 bits per heavy atom. The van der Waals surface area contributed by atoms with Gasteiger partial charge in [0.1, 0.15) is 28.9 Å². The van der Waals surface area contributed by atoms with Crippen LogP contribution in [-0.4, -0.2) is 99.2 Å². The molecule has 5 rings (SSSR count). The van der Waals surface area contributed by atoms with Crippen LogP contribution in [0.25, 0.3) is 0 Å². The van der Waals surface area contributed by atoms with Crippen molar-refractivity contribution in [2.45, 2.75) is 22.7 Å². The van der Waals surface area contributed by atoms with E-state index in [-0.39, 0.29) is 28.3 Å². The van der Waals surface area contributed by atoms with Crippen molar-refractivity contribution in [3.05, 3.63) is 22.3 Å². The molecule has 190 valence electrons. The first kappa shape index (κ1) is 24.8. The van der Waals surface area contributed by atoms with Gasteiger partial charge in [-0.15, -0.1) is 28.2 Å². The van der Waals surface area contributed by atoms with Gasteiger partial charge in [0.05, 0.1) is 0 Å². The lowest BCUT2D eigenvalue weighted by atomic mass is 10.0. The number of tetrazole rings is 1. The summed E-state index contributed by atoms with van der Waals surface area (Å²) in [6.45, 7) is 0. The van der Waals surface area contributed by atoms with Crippen LogP contribution in [0.1, 0.15) is 5.69 Å². The molecule has 5 heterocycles. The minimum absolute atomic E-state index is 0.0798. The number of aliphatic carboxylic acids is 1. The predicted molar refractivity (Wildman–Crippen MR) is 134 cm³/mol. The van der Waals surface area contributed by atoms with Crippen LogP contribution in [0.15, 0.2) is 27.0 Å². The van der Waals surface area contributed by atoms with Gasteiger partial charge >= 0.3 is 5.97 Å². The number of β-lactam (4-membered cyclic amide) rings is 1. The second-order valence-corrected chi connectivity index (χ2v) is 11.8. The summed E-state index contributed by atoms with van der Waals surface area (Å²) in [6.07, 6.45) is -0.0969. The Hall–Kier alpha value is -2.83. The van der Waals surface area contributed by atoms with Crippen LogP contribution in [0.4, 0.5) is 5.13 Å². The van der Waals surface area contributed by atoms with Crippen LogP contribution in [-0.2, 0) is 26.3 Å². The van der Waals surface area contributed by atoms with Crippen molar-refractivity contribution in [1.82, 2.24) is 35.4 Å². The summed E-state index contributed by atoms with van der Waals surface area (Å²) in [7, 11) is 1.68. The summed E-state index contributed by atoms with van der Waals surface area (Å²) in [5.41, 5.74) is 6.36. The molecule has 0 bridgehead atoms. The van der Waals surface area contributed by atoms with E-state index in [9.17, 15) is 19.5 Å². The lowest BCUT2D eigenvalue weighted by Gasteiger charge is -2.49. The van der Waals surface area contributed by atoms with Gasteiger partial charge in [-0.2, -0.15) is 11.8 Å². The van der Waals surface area contributed by atoms with Crippen LogP contribution in [0, 0.1) is 0 Å². The number of nitrogens with zero attached hydrogens (tertiary/aromatic N) is 7. The summed E-state index contributed by atoms with van der Waals surface area (Å²) in [5, 5.41) is 29.5. The molecule has 2 amide bonds. The van der Waals surface area contributed by atoms with Crippen molar-refractivity contribution in [3.63, 3.8) is 0 Å². The summed E-state index contributed by atoms with van der Waals surface area (Å²) >= 11 is 5.50. The van der Waals surface area contributed by atoms with Gasteiger partial charge in [-0.1, -0.05) is 16.9 Å². The third-order valence-electron chi connectivity index (χ3n) is 5.37. The van der Waals surface area contributed by atoms with E-state index in [0.717, 1.165) is 22.8 Å². The molecular formula is C18H19N9O5S4. The Balaban J connectivity index is 1.30. The number of anilines is 1. The van der Waals surface area contributed by atoms with Gasteiger partial charge in [0.25, 0.3) is 11.8 Å². The smallest absolute Gasteiger partial charge is 0.352 e. The Labute approximate surface area is 220 Å². The van der Waals surface area contributed by atoms with E-state index in [0.29, 0.717) is 22.2 Å². The molecule has 36 heavy (non-hydrogen) atoms. The van der Waals surface area contributed by atoms with Gasteiger partial charge in [0.2, 0.25) is 5.16 Å². The lowest BCUT2D eigenvalue weighted by molar-refractivity contribution is -0.150. The average molecular weight is 570 g/mol. The average Bonchev–Trinajstić information content (AvgIpc) is 3.44. The van der Waals surface area contributed by atoms with Gasteiger partial charge in [-0.05, 0) is 16.0 Å².